The number of carboxylic acids is 1. The highest BCUT2D eigenvalue weighted by Gasteiger charge is 2.41. The summed E-state index contributed by atoms with van der Waals surface area (Å²) in [5.41, 5.74) is 0. The maximum absolute atomic E-state index is 10.9. The van der Waals surface area contributed by atoms with Gasteiger partial charge in [-0.05, 0) is 11.4 Å². The first-order valence-corrected chi connectivity index (χ1v) is 6.04. The highest BCUT2D eigenvalue weighted by molar-refractivity contribution is 8.11. The summed E-state index contributed by atoms with van der Waals surface area (Å²) in [6.45, 7) is 0. The van der Waals surface area contributed by atoms with Gasteiger partial charge in [-0.1, -0.05) is 35.5 Å². The number of aliphatic carboxylic acids is 1. The summed E-state index contributed by atoms with van der Waals surface area (Å²) in [7, 11) is 0. The van der Waals surface area contributed by atoms with Crippen molar-refractivity contribution in [1.82, 2.24) is 0 Å². The van der Waals surface area contributed by atoms with Crippen LogP contribution in [0, 0.1) is 0 Å². The van der Waals surface area contributed by atoms with Gasteiger partial charge in [0.2, 0.25) is 0 Å². The first kappa shape index (κ1) is 10.1. The van der Waals surface area contributed by atoms with Crippen molar-refractivity contribution < 1.29 is 9.90 Å². The lowest BCUT2D eigenvalue weighted by atomic mass is 10.2. The Morgan fingerprint density at radius 3 is 2.93 bits per heavy atom. The molecule has 1 aliphatic heterocycles. The number of halogens is 1. The van der Waals surface area contributed by atoms with E-state index in [1.807, 2.05) is 23.6 Å². The molecule has 2 rings (SSSR count). The number of thioether (sulfide) groups is 1. The van der Waals surface area contributed by atoms with E-state index in [0.717, 1.165) is 9.78 Å². The van der Waals surface area contributed by atoms with E-state index in [9.17, 15) is 4.79 Å². The van der Waals surface area contributed by atoms with E-state index in [-0.39, 0.29) is 0 Å². The van der Waals surface area contributed by atoms with E-state index in [0.29, 0.717) is 6.42 Å². The Hall–Kier alpha value is -0.450. The molecule has 1 N–H and O–H groups in total. The summed E-state index contributed by atoms with van der Waals surface area (Å²) < 4.78 is -1.20. The van der Waals surface area contributed by atoms with Gasteiger partial charge >= 0.3 is 5.97 Å². The highest BCUT2D eigenvalue weighted by atomic mass is 35.5. The third-order valence-electron chi connectivity index (χ3n) is 1.91. The summed E-state index contributed by atoms with van der Waals surface area (Å²) in [5, 5.41) is 10.9. The van der Waals surface area contributed by atoms with Crippen LogP contribution >= 0.6 is 34.7 Å². The standard InChI is InChI=1S/C9H7ClO2S2/c10-9(8(11)12)4-3-7(14-9)6-2-1-5-13-6/h1-3,5H,4H2,(H,11,12). The van der Waals surface area contributed by atoms with Crippen LogP contribution in [0.4, 0.5) is 0 Å². The maximum Gasteiger partial charge on any atom is 0.335 e. The van der Waals surface area contributed by atoms with Gasteiger partial charge in [0, 0.05) is 16.2 Å². The molecule has 1 atom stereocenters. The van der Waals surface area contributed by atoms with Crippen LogP contribution < -0.4 is 0 Å². The Labute approximate surface area is 94.6 Å². The van der Waals surface area contributed by atoms with Crippen LogP contribution in [0.15, 0.2) is 23.6 Å². The number of alkyl halides is 1. The maximum atomic E-state index is 10.9. The van der Waals surface area contributed by atoms with Crippen molar-refractivity contribution in [2.45, 2.75) is 10.6 Å². The van der Waals surface area contributed by atoms with Gasteiger partial charge in [-0.2, -0.15) is 0 Å². The molecule has 74 valence electrons. The van der Waals surface area contributed by atoms with Crippen molar-refractivity contribution in [1.29, 1.82) is 0 Å². The fraction of sp³-hybridized carbons (Fsp3) is 0.222. The number of carboxylic acid groups (broad SMARTS) is 1. The Bertz CT molecular complexity index is 386. The SMILES string of the molecule is O=C(O)C1(Cl)CC=C(c2cccs2)S1. The van der Waals surface area contributed by atoms with Crippen LogP contribution in [0.5, 0.6) is 0 Å². The van der Waals surface area contributed by atoms with E-state index in [4.69, 9.17) is 16.7 Å². The predicted molar refractivity (Wildman–Crippen MR) is 60.7 cm³/mol. The zero-order valence-corrected chi connectivity index (χ0v) is 9.46. The largest absolute Gasteiger partial charge is 0.479 e. The Morgan fingerprint density at radius 2 is 2.43 bits per heavy atom. The summed E-state index contributed by atoms with van der Waals surface area (Å²) in [6, 6.07) is 3.91. The van der Waals surface area contributed by atoms with Crippen LogP contribution in [-0.4, -0.2) is 15.3 Å². The summed E-state index contributed by atoms with van der Waals surface area (Å²) in [4.78, 5) is 12.9. The molecule has 2 heterocycles. The van der Waals surface area contributed by atoms with Gasteiger partial charge in [-0.3, -0.25) is 0 Å². The number of rotatable bonds is 2. The molecule has 1 unspecified atom stereocenters. The number of carbonyl (C=O) groups is 1. The minimum absolute atomic E-state index is 0.377. The Kier molecular flexibility index (Phi) is 2.60. The quantitative estimate of drug-likeness (QED) is 0.814. The molecule has 0 aromatic carbocycles. The predicted octanol–water partition coefficient (Wildman–Crippen LogP) is 3.25. The number of hydrogen-bond donors (Lipinski definition) is 1. The normalized spacial score (nSPS) is 26.2. The molecule has 2 nitrogen and oxygen atoms in total. The molecule has 1 aliphatic rings. The van der Waals surface area contributed by atoms with Crippen molar-refractivity contribution in [3.05, 3.63) is 28.5 Å². The second-order valence-corrected chi connectivity index (χ2v) is 6.04. The highest BCUT2D eigenvalue weighted by Crippen LogP contribution is 2.50. The molecule has 1 aromatic heterocycles. The van der Waals surface area contributed by atoms with E-state index < -0.39 is 10.2 Å². The van der Waals surface area contributed by atoms with E-state index >= 15 is 0 Å². The lowest BCUT2D eigenvalue weighted by molar-refractivity contribution is -0.137. The van der Waals surface area contributed by atoms with Crippen LogP contribution in [0.25, 0.3) is 4.91 Å². The van der Waals surface area contributed by atoms with Crippen molar-refractivity contribution in [3.63, 3.8) is 0 Å². The van der Waals surface area contributed by atoms with Gasteiger partial charge in [0.25, 0.3) is 0 Å². The Morgan fingerprint density at radius 1 is 1.64 bits per heavy atom. The zero-order valence-electron chi connectivity index (χ0n) is 7.07. The number of hydrogen-bond acceptors (Lipinski definition) is 3. The number of allylic oxidation sites excluding steroid dienone is 1. The van der Waals surface area contributed by atoms with Gasteiger partial charge < -0.3 is 5.11 Å². The molecule has 0 radical (unpaired) electrons. The summed E-state index contributed by atoms with van der Waals surface area (Å²) in [6.07, 6.45) is 2.26. The molecule has 5 heteroatoms. The van der Waals surface area contributed by atoms with Crippen LogP contribution in [0.3, 0.4) is 0 Å². The monoisotopic (exact) mass is 246 g/mol. The molecule has 0 bridgehead atoms. The van der Waals surface area contributed by atoms with E-state index in [1.54, 1.807) is 11.3 Å². The first-order chi connectivity index (χ1) is 6.62. The molecule has 0 spiro atoms. The van der Waals surface area contributed by atoms with Crippen molar-refractivity contribution in [3.8, 4) is 0 Å². The first-order valence-electron chi connectivity index (χ1n) is 3.97. The van der Waals surface area contributed by atoms with Gasteiger partial charge in [0.05, 0.1) is 0 Å². The minimum Gasteiger partial charge on any atom is -0.479 e. The molecule has 0 saturated carbocycles. The molecular formula is C9H7ClO2S2. The van der Waals surface area contributed by atoms with Crippen molar-refractivity contribution in [2.24, 2.45) is 0 Å². The topological polar surface area (TPSA) is 37.3 Å². The fourth-order valence-electron chi connectivity index (χ4n) is 1.18. The summed E-state index contributed by atoms with van der Waals surface area (Å²) >= 11 is 8.74. The second kappa shape index (κ2) is 3.61. The van der Waals surface area contributed by atoms with E-state index in [2.05, 4.69) is 0 Å². The Balaban J connectivity index is 2.19. The minimum atomic E-state index is -1.20. The smallest absolute Gasteiger partial charge is 0.335 e. The second-order valence-electron chi connectivity index (χ2n) is 2.89. The van der Waals surface area contributed by atoms with Crippen molar-refractivity contribution >= 4 is 45.6 Å². The van der Waals surface area contributed by atoms with Gasteiger partial charge in [0.1, 0.15) is 0 Å². The molecular weight excluding hydrogens is 240 g/mol. The average molecular weight is 247 g/mol. The lowest BCUT2D eigenvalue weighted by Crippen LogP contribution is -2.25. The molecule has 0 fully saturated rings. The van der Waals surface area contributed by atoms with Crippen LogP contribution in [0.2, 0.25) is 0 Å². The van der Waals surface area contributed by atoms with Crippen LogP contribution in [0.1, 0.15) is 11.3 Å². The molecule has 1 aromatic rings. The molecule has 0 saturated heterocycles. The van der Waals surface area contributed by atoms with Crippen LogP contribution in [-0.2, 0) is 4.79 Å². The third kappa shape index (κ3) is 1.69. The van der Waals surface area contributed by atoms with Gasteiger partial charge in [-0.15, -0.1) is 11.3 Å². The third-order valence-corrected chi connectivity index (χ3v) is 4.76. The average Bonchev–Trinajstić information content (AvgIpc) is 2.72. The van der Waals surface area contributed by atoms with Gasteiger partial charge in [-0.25, -0.2) is 4.79 Å². The number of thiophene rings is 1. The lowest BCUT2D eigenvalue weighted by Gasteiger charge is -2.13. The molecule has 0 aliphatic carbocycles. The summed E-state index contributed by atoms with van der Waals surface area (Å²) in [5.74, 6) is -0.966. The van der Waals surface area contributed by atoms with E-state index in [1.165, 1.54) is 11.8 Å². The zero-order chi connectivity index (χ0) is 10.2. The molecule has 14 heavy (non-hydrogen) atoms. The fourth-order valence-corrected chi connectivity index (χ4v) is 3.38. The van der Waals surface area contributed by atoms with Crippen molar-refractivity contribution in [2.75, 3.05) is 0 Å². The van der Waals surface area contributed by atoms with Gasteiger partial charge in [0.15, 0.2) is 4.21 Å². The molecule has 0 amide bonds.